The fraction of sp³-hybridized carbons (Fsp3) is 0.450. The van der Waals surface area contributed by atoms with Crippen molar-refractivity contribution in [2.24, 2.45) is 0 Å². The molecule has 0 unspecified atom stereocenters. The molecule has 136 valence electrons. The summed E-state index contributed by atoms with van der Waals surface area (Å²) in [6, 6.07) is 7.84. The molecule has 0 bridgehead atoms. The Kier molecular flexibility index (Phi) is 5.07. The Bertz CT molecular complexity index is 845. The molecule has 2 aromatic rings. The van der Waals surface area contributed by atoms with Crippen molar-refractivity contribution < 1.29 is 14.1 Å². The molecule has 0 aliphatic rings. The van der Waals surface area contributed by atoms with Crippen LogP contribution < -0.4 is 0 Å². The summed E-state index contributed by atoms with van der Waals surface area (Å²) in [7, 11) is -1.50. The van der Waals surface area contributed by atoms with Gasteiger partial charge in [0.2, 0.25) is 0 Å². The third-order valence-electron chi connectivity index (χ3n) is 4.44. The molecule has 0 atom stereocenters. The second kappa shape index (κ2) is 6.49. The van der Waals surface area contributed by atoms with Crippen molar-refractivity contribution in [1.29, 1.82) is 0 Å². The summed E-state index contributed by atoms with van der Waals surface area (Å²) < 4.78 is 21.0. The van der Waals surface area contributed by atoms with E-state index in [1.807, 2.05) is 76.3 Å². The highest BCUT2D eigenvalue weighted by Gasteiger charge is 2.48. The van der Waals surface area contributed by atoms with E-state index in [1.54, 1.807) is 6.08 Å². The molecule has 0 aliphatic heterocycles. The van der Waals surface area contributed by atoms with Crippen LogP contribution in [-0.2, 0) is 14.1 Å². The fourth-order valence-corrected chi connectivity index (χ4v) is 7.52. The zero-order chi connectivity index (χ0) is 19.0. The Labute approximate surface area is 150 Å². The van der Waals surface area contributed by atoms with E-state index in [0.717, 1.165) is 16.5 Å². The summed E-state index contributed by atoms with van der Waals surface area (Å²) in [6.07, 6.45) is 5.03. The lowest BCUT2D eigenvalue weighted by Crippen LogP contribution is -2.32. The molecule has 0 N–H and O–H groups in total. The lowest BCUT2D eigenvalue weighted by molar-refractivity contribution is -0.134. The highest BCUT2D eigenvalue weighted by atomic mass is 31.2. The van der Waals surface area contributed by atoms with Gasteiger partial charge in [-0.05, 0) is 17.7 Å². The summed E-state index contributed by atoms with van der Waals surface area (Å²) in [5, 5.41) is 0.188. The van der Waals surface area contributed by atoms with Gasteiger partial charge < -0.3 is 4.74 Å². The SMILES string of the molecule is COC(=O)/C=C/c1cccc2ccn(P(=O)(C(C)(C)C)C(C)(C)C)c12. The molecule has 0 spiro atoms. The van der Waals surface area contributed by atoms with Crippen LogP contribution in [0.4, 0.5) is 0 Å². The smallest absolute Gasteiger partial charge is 0.330 e. The van der Waals surface area contributed by atoms with Crippen molar-refractivity contribution in [2.75, 3.05) is 7.11 Å². The molecule has 0 fully saturated rings. The molecule has 25 heavy (non-hydrogen) atoms. The Morgan fingerprint density at radius 2 is 1.68 bits per heavy atom. The van der Waals surface area contributed by atoms with E-state index >= 15 is 0 Å². The molecular weight excluding hydrogens is 333 g/mol. The van der Waals surface area contributed by atoms with E-state index in [0.29, 0.717) is 0 Å². The average Bonchev–Trinajstić information content (AvgIpc) is 2.94. The van der Waals surface area contributed by atoms with Crippen LogP contribution in [0, 0.1) is 0 Å². The summed E-state index contributed by atoms with van der Waals surface area (Å²) in [5.41, 5.74) is 1.73. The van der Waals surface area contributed by atoms with Crippen LogP contribution in [0.5, 0.6) is 0 Å². The van der Waals surface area contributed by atoms with Crippen molar-refractivity contribution in [1.82, 2.24) is 4.34 Å². The van der Waals surface area contributed by atoms with Gasteiger partial charge in [0.25, 0.3) is 0 Å². The Morgan fingerprint density at radius 3 is 2.20 bits per heavy atom. The molecule has 1 aromatic carbocycles. The van der Waals surface area contributed by atoms with Crippen LogP contribution in [0.3, 0.4) is 0 Å². The number of carbonyl (C=O) groups is 1. The van der Waals surface area contributed by atoms with Gasteiger partial charge in [0.05, 0.1) is 12.6 Å². The van der Waals surface area contributed by atoms with Crippen molar-refractivity contribution in [3.05, 3.63) is 42.1 Å². The first-order valence-electron chi connectivity index (χ1n) is 8.40. The van der Waals surface area contributed by atoms with Crippen molar-refractivity contribution in [3.8, 4) is 0 Å². The number of nitrogens with zero attached hydrogens (tertiary/aromatic N) is 1. The van der Waals surface area contributed by atoms with Gasteiger partial charge in [-0.1, -0.05) is 59.7 Å². The number of hydrogen-bond acceptors (Lipinski definition) is 3. The first-order chi connectivity index (χ1) is 11.4. The summed E-state index contributed by atoms with van der Waals surface area (Å²) >= 11 is 0. The molecule has 1 heterocycles. The molecule has 0 radical (unpaired) electrons. The second-order valence-electron chi connectivity index (χ2n) is 8.22. The topological polar surface area (TPSA) is 48.3 Å². The normalized spacial score (nSPS) is 13.6. The Hall–Kier alpha value is -1.80. The van der Waals surface area contributed by atoms with Crippen LogP contribution in [0.2, 0.25) is 0 Å². The molecule has 2 rings (SSSR count). The minimum absolute atomic E-state index is 0.406. The van der Waals surface area contributed by atoms with E-state index < -0.39 is 23.6 Å². The Morgan fingerprint density at radius 1 is 1.08 bits per heavy atom. The molecule has 1 aromatic heterocycles. The number of para-hydroxylation sites is 1. The molecule has 0 saturated carbocycles. The van der Waals surface area contributed by atoms with Crippen LogP contribution in [0.25, 0.3) is 17.0 Å². The van der Waals surface area contributed by atoms with Gasteiger partial charge in [0, 0.05) is 28.0 Å². The maximum absolute atomic E-state index is 14.3. The van der Waals surface area contributed by atoms with Gasteiger partial charge in [-0.2, -0.15) is 0 Å². The van der Waals surface area contributed by atoms with E-state index in [-0.39, 0.29) is 0 Å². The van der Waals surface area contributed by atoms with Crippen molar-refractivity contribution in [3.63, 3.8) is 0 Å². The molecule has 0 saturated heterocycles. The van der Waals surface area contributed by atoms with E-state index in [2.05, 4.69) is 4.74 Å². The summed E-state index contributed by atoms with van der Waals surface area (Å²) in [6.45, 7) is 12.2. The minimum Gasteiger partial charge on any atom is -0.466 e. The average molecular weight is 361 g/mol. The third-order valence-corrected chi connectivity index (χ3v) is 9.02. The molecule has 4 nitrogen and oxygen atoms in total. The number of fused-ring (bicyclic) bond motifs is 1. The first-order valence-corrected chi connectivity index (χ1v) is 10.1. The number of aromatic nitrogens is 1. The standard InChI is InChI=1S/C20H28NO3P/c1-19(2,3)25(23,20(4,5)6)21-14-13-16-10-8-9-15(18(16)21)11-12-17(22)24-7/h8-14H,1-7H3/b12-11+. The van der Waals surface area contributed by atoms with Crippen molar-refractivity contribution in [2.45, 2.75) is 51.9 Å². The van der Waals surface area contributed by atoms with E-state index in [4.69, 9.17) is 0 Å². The van der Waals surface area contributed by atoms with Gasteiger partial charge in [0.1, 0.15) is 0 Å². The number of carbonyl (C=O) groups excluding carboxylic acids is 1. The van der Waals surface area contributed by atoms with Crippen LogP contribution >= 0.6 is 7.29 Å². The van der Waals surface area contributed by atoms with E-state index in [9.17, 15) is 9.36 Å². The molecular formula is C20H28NO3P. The maximum Gasteiger partial charge on any atom is 0.330 e. The number of hydrogen-bond donors (Lipinski definition) is 0. The molecule has 5 heteroatoms. The highest BCUT2D eigenvalue weighted by molar-refractivity contribution is 7.65. The van der Waals surface area contributed by atoms with Gasteiger partial charge in [0.15, 0.2) is 7.29 Å². The highest BCUT2D eigenvalue weighted by Crippen LogP contribution is 2.68. The Balaban J connectivity index is 2.81. The largest absolute Gasteiger partial charge is 0.466 e. The monoisotopic (exact) mass is 361 g/mol. The molecule has 0 aliphatic carbocycles. The molecule has 0 amide bonds. The second-order valence-corrected chi connectivity index (χ2v) is 12.5. The lowest BCUT2D eigenvalue weighted by Gasteiger charge is -2.42. The van der Waals surface area contributed by atoms with Crippen LogP contribution in [-0.4, -0.2) is 27.7 Å². The van der Waals surface area contributed by atoms with Gasteiger partial charge in [-0.25, -0.2) is 4.79 Å². The number of benzene rings is 1. The van der Waals surface area contributed by atoms with Crippen LogP contribution in [0.15, 0.2) is 36.5 Å². The predicted octanol–water partition coefficient (Wildman–Crippen LogP) is 5.55. The number of ether oxygens (including phenoxy) is 1. The summed E-state index contributed by atoms with van der Waals surface area (Å²) in [5.74, 6) is -0.412. The number of rotatable bonds is 3. The third kappa shape index (κ3) is 3.32. The zero-order valence-electron chi connectivity index (χ0n) is 16.2. The van der Waals surface area contributed by atoms with Crippen molar-refractivity contribution >= 4 is 30.2 Å². The van der Waals surface area contributed by atoms with E-state index in [1.165, 1.54) is 13.2 Å². The number of esters is 1. The van der Waals surface area contributed by atoms with Gasteiger partial charge in [-0.3, -0.25) is 8.90 Å². The predicted molar refractivity (Wildman–Crippen MR) is 105 cm³/mol. The quantitative estimate of drug-likeness (QED) is 0.409. The minimum atomic E-state index is -2.85. The van der Waals surface area contributed by atoms with Gasteiger partial charge >= 0.3 is 5.97 Å². The zero-order valence-corrected chi connectivity index (χ0v) is 17.1. The number of methoxy groups -OCH3 is 1. The van der Waals surface area contributed by atoms with Crippen LogP contribution in [0.1, 0.15) is 47.1 Å². The van der Waals surface area contributed by atoms with Gasteiger partial charge in [-0.15, -0.1) is 0 Å². The summed E-state index contributed by atoms with van der Waals surface area (Å²) in [4.78, 5) is 11.5. The maximum atomic E-state index is 14.3. The lowest BCUT2D eigenvalue weighted by atomic mass is 10.1. The fourth-order valence-electron chi connectivity index (χ4n) is 3.45. The first kappa shape index (κ1) is 19.5.